The Balaban J connectivity index is 1.77. The normalized spacial score (nSPS) is 11.7. The summed E-state index contributed by atoms with van der Waals surface area (Å²) in [5.41, 5.74) is 4.21. The molecule has 1 amide bonds. The molecule has 176 valence electrons. The lowest BCUT2D eigenvalue weighted by molar-refractivity contribution is -0.113. The van der Waals surface area contributed by atoms with Crippen LogP contribution in [0.15, 0.2) is 46.5 Å². The summed E-state index contributed by atoms with van der Waals surface area (Å²) in [5.74, 6) is 0.636. The first-order valence-electron chi connectivity index (χ1n) is 10.5. The zero-order valence-corrected chi connectivity index (χ0v) is 21.3. The second-order valence-electron chi connectivity index (χ2n) is 7.96. The minimum Gasteiger partial charge on any atom is -0.325 e. The molecule has 0 aliphatic carbocycles. The highest BCUT2D eigenvalue weighted by Crippen LogP contribution is 2.27. The van der Waals surface area contributed by atoms with E-state index in [4.69, 9.17) is 0 Å². The van der Waals surface area contributed by atoms with Gasteiger partial charge in [-0.05, 0) is 57.0 Å². The predicted octanol–water partition coefficient (Wildman–Crippen LogP) is 3.87. The average molecular weight is 488 g/mol. The number of sulfonamides is 1. The first-order valence-corrected chi connectivity index (χ1v) is 12.9. The fourth-order valence-corrected chi connectivity index (χ4v) is 5.13. The molecule has 33 heavy (non-hydrogen) atoms. The third kappa shape index (κ3) is 5.45. The second-order valence-corrected chi connectivity index (χ2v) is 11.1. The van der Waals surface area contributed by atoms with Gasteiger partial charge in [0.05, 0.1) is 10.6 Å². The van der Waals surface area contributed by atoms with Gasteiger partial charge in [0.1, 0.15) is 0 Å². The number of nitrogens with one attached hydrogen (secondary N) is 1. The van der Waals surface area contributed by atoms with Gasteiger partial charge in [-0.2, -0.15) is 0 Å². The van der Waals surface area contributed by atoms with Crippen molar-refractivity contribution in [2.45, 2.75) is 44.3 Å². The third-order valence-corrected chi connectivity index (χ3v) is 8.09. The van der Waals surface area contributed by atoms with Gasteiger partial charge in [0.25, 0.3) is 0 Å². The van der Waals surface area contributed by atoms with Gasteiger partial charge < -0.3 is 9.88 Å². The molecular weight excluding hydrogens is 458 g/mol. The average Bonchev–Trinajstić information content (AvgIpc) is 3.18. The SMILES string of the molecule is CCn1c(SCC(=O)Nc2cc(S(=O)(=O)N(C)C)cc(C)c2C)nnc1-c1cccc(C)c1. The van der Waals surface area contributed by atoms with E-state index < -0.39 is 10.0 Å². The number of carbonyl (C=O) groups excluding carboxylic acids is 1. The molecule has 0 saturated carbocycles. The van der Waals surface area contributed by atoms with Crippen LogP contribution in [0.5, 0.6) is 0 Å². The molecule has 0 atom stereocenters. The molecule has 1 N–H and O–H groups in total. The molecule has 10 heteroatoms. The van der Waals surface area contributed by atoms with E-state index in [0.29, 0.717) is 17.4 Å². The number of carbonyl (C=O) groups is 1. The van der Waals surface area contributed by atoms with Crippen LogP contribution in [0.3, 0.4) is 0 Å². The number of thioether (sulfide) groups is 1. The van der Waals surface area contributed by atoms with Crippen LogP contribution >= 0.6 is 11.8 Å². The minimum atomic E-state index is -3.61. The van der Waals surface area contributed by atoms with Crippen LogP contribution < -0.4 is 5.32 Å². The van der Waals surface area contributed by atoms with Crippen LogP contribution in [-0.2, 0) is 21.4 Å². The molecule has 0 radical (unpaired) electrons. The topological polar surface area (TPSA) is 97.2 Å². The summed E-state index contributed by atoms with van der Waals surface area (Å²) < 4.78 is 28.2. The number of nitrogens with zero attached hydrogens (tertiary/aromatic N) is 4. The lowest BCUT2D eigenvalue weighted by Gasteiger charge is -2.16. The van der Waals surface area contributed by atoms with E-state index in [9.17, 15) is 13.2 Å². The summed E-state index contributed by atoms with van der Waals surface area (Å²) >= 11 is 1.29. The lowest BCUT2D eigenvalue weighted by Crippen LogP contribution is -2.23. The summed E-state index contributed by atoms with van der Waals surface area (Å²) in [6, 6.07) is 11.2. The molecule has 3 aromatic rings. The molecule has 1 aromatic heterocycles. The van der Waals surface area contributed by atoms with Gasteiger partial charge in [0, 0.05) is 31.9 Å². The molecule has 0 saturated heterocycles. The van der Waals surface area contributed by atoms with Crippen LogP contribution in [0.2, 0.25) is 0 Å². The highest BCUT2D eigenvalue weighted by atomic mass is 32.2. The zero-order valence-electron chi connectivity index (χ0n) is 19.7. The number of aromatic nitrogens is 3. The molecule has 8 nitrogen and oxygen atoms in total. The van der Waals surface area contributed by atoms with Gasteiger partial charge in [-0.25, -0.2) is 12.7 Å². The van der Waals surface area contributed by atoms with Crippen LogP contribution in [0.1, 0.15) is 23.6 Å². The van der Waals surface area contributed by atoms with Gasteiger partial charge in [0.2, 0.25) is 15.9 Å². The van der Waals surface area contributed by atoms with Gasteiger partial charge in [-0.3, -0.25) is 4.79 Å². The molecule has 3 rings (SSSR count). The smallest absolute Gasteiger partial charge is 0.242 e. The molecule has 0 aliphatic rings. The first kappa shape index (κ1) is 24.9. The molecule has 0 unspecified atom stereocenters. The van der Waals surface area contributed by atoms with Gasteiger partial charge >= 0.3 is 0 Å². The third-order valence-electron chi connectivity index (χ3n) is 5.34. The lowest BCUT2D eigenvalue weighted by atomic mass is 10.1. The van der Waals surface area contributed by atoms with Crippen molar-refractivity contribution in [3.63, 3.8) is 0 Å². The fraction of sp³-hybridized carbons (Fsp3) is 0.348. The van der Waals surface area contributed by atoms with E-state index in [0.717, 1.165) is 32.4 Å². The van der Waals surface area contributed by atoms with E-state index in [1.54, 1.807) is 6.07 Å². The maximum atomic E-state index is 12.7. The summed E-state index contributed by atoms with van der Waals surface area (Å²) in [4.78, 5) is 12.9. The molecule has 0 bridgehead atoms. The van der Waals surface area contributed by atoms with Crippen molar-refractivity contribution >= 4 is 33.4 Å². The highest BCUT2D eigenvalue weighted by Gasteiger charge is 2.21. The van der Waals surface area contributed by atoms with Gasteiger partial charge in [-0.1, -0.05) is 35.5 Å². The Kier molecular flexibility index (Phi) is 7.61. The van der Waals surface area contributed by atoms with E-state index in [1.165, 1.54) is 31.9 Å². The standard InChI is InChI=1S/C23H29N5O3S2/c1-7-28-22(18-10-8-9-15(2)11-18)25-26-23(28)32-14-21(29)24-20-13-19(12-16(3)17(20)4)33(30,31)27(5)6/h8-13H,7,14H2,1-6H3,(H,24,29). The first-order chi connectivity index (χ1) is 15.5. The van der Waals surface area contributed by atoms with Crippen molar-refractivity contribution in [3.05, 3.63) is 53.1 Å². The quantitative estimate of drug-likeness (QED) is 0.485. The molecule has 0 fully saturated rings. The summed E-state index contributed by atoms with van der Waals surface area (Å²) in [7, 11) is -0.649. The Morgan fingerprint density at radius 3 is 2.48 bits per heavy atom. The van der Waals surface area contributed by atoms with Crippen LogP contribution in [-0.4, -0.2) is 53.2 Å². The Morgan fingerprint density at radius 1 is 1.12 bits per heavy atom. The van der Waals surface area contributed by atoms with Gasteiger partial charge in [0.15, 0.2) is 11.0 Å². The van der Waals surface area contributed by atoms with Crippen molar-refractivity contribution in [1.82, 2.24) is 19.1 Å². The number of amides is 1. The van der Waals surface area contributed by atoms with Crippen molar-refractivity contribution in [1.29, 1.82) is 0 Å². The maximum absolute atomic E-state index is 12.7. The molecule has 1 heterocycles. The predicted molar refractivity (Wildman–Crippen MR) is 132 cm³/mol. The van der Waals surface area contributed by atoms with Crippen LogP contribution in [0, 0.1) is 20.8 Å². The molecule has 0 spiro atoms. The Hall–Kier alpha value is -2.69. The van der Waals surface area contributed by atoms with Crippen molar-refractivity contribution in [2.75, 3.05) is 25.2 Å². The zero-order chi connectivity index (χ0) is 24.3. The Labute approximate surface area is 199 Å². The van der Waals surface area contributed by atoms with Crippen molar-refractivity contribution in [2.24, 2.45) is 0 Å². The van der Waals surface area contributed by atoms with E-state index in [2.05, 4.69) is 21.6 Å². The Bertz CT molecular complexity index is 1280. The molecule has 2 aromatic carbocycles. The second kappa shape index (κ2) is 10.1. The molecular formula is C23H29N5O3S2. The number of hydrogen-bond acceptors (Lipinski definition) is 6. The number of hydrogen-bond donors (Lipinski definition) is 1. The summed E-state index contributed by atoms with van der Waals surface area (Å²) in [5, 5.41) is 12.1. The monoisotopic (exact) mass is 487 g/mol. The van der Waals surface area contributed by atoms with Crippen LogP contribution in [0.25, 0.3) is 11.4 Å². The van der Waals surface area contributed by atoms with Gasteiger partial charge in [-0.15, -0.1) is 10.2 Å². The van der Waals surface area contributed by atoms with E-state index in [-0.39, 0.29) is 16.6 Å². The number of aryl methyl sites for hydroxylation is 2. The number of benzene rings is 2. The summed E-state index contributed by atoms with van der Waals surface area (Å²) in [6.45, 7) is 8.38. The Morgan fingerprint density at radius 2 is 1.85 bits per heavy atom. The maximum Gasteiger partial charge on any atom is 0.242 e. The van der Waals surface area contributed by atoms with E-state index >= 15 is 0 Å². The van der Waals surface area contributed by atoms with Crippen molar-refractivity contribution < 1.29 is 13.2 Å². The minimum absolute atomic E-state index is 0.120. The highest BCUT2D eigenvalue weighted by molar-refractivity contribution is 7.99. The molecule has 0 aliphatic heterocycles. The largest absolute Gasteiger partial charge is 0.325 e. The van der Waals surface area contributed by atoms with Crippen molar-refractivity contribution in [3.8, 4) is 11.4 Å². The number of anilines is 1. The summed E-state index contributed by atoms with van der Waals surface area (Å²) in [6.07, 6.45) is 0. The number of rotatable bonds is 8. The van der Waals surface area contributed by atoms with Crippen LogP contribution in [0.4, 0.5) is 5.69 Å². The van der Waals surface area contributed by atoms with E-state index in [1.807, 2.05) is 50.5 Å². The fourth-order valence-electron chi connectivity index (χ4n) is 3.31.